The van der Waals surface area contributed by atoms with Crippen LogP contribution in [0.15, 0.2) is 42.5 Å². The van der Waals surface area contributed by atoms with Gasteiger partial charge in [0.2, 0.25) is 0 Å². The molecule has 0 fully saturated rings. The van der Waals surface area contributed by atoms with Gasteiger partial charge in [-0.2, -0.15) is 0 Å². The molecule has 0 aliphatic rings. The third kappa shape index (κ3) is 4.60. The monoisotopic (exact) mass is 332 g/mol. The molecule has 8 heteroatoms. The van der Waals surface area contributed by atoms with Gasteiger partial charge in [0.1, 0.15) is 17.2 Å². The number of hydrogen-bond donors (Lipinski definition) is 2. The maximum Gasteiger partial charge on any atom is 0.271 e. The fraction of sp³-hybridized carbons (Fsp3) is 0.188. The van der Waals surface area contributed by atoms with E-state index in [1.165, 1.54) is 0 Å². The Morgan fingerprint density at radius 2 is 1.79 bits per heavy atom. The molecule has 2 aromatic carbocycles. The number of ether oxygens (including phenoxy) is 2. The maximum atomic E-state index is 11.8. The van der Waals surface area contributed by atoms with Crippen molar-refractivity contribution in [1.29, 1.82) is 0 Å². The van der Waals surface area contributed by atoms with Gasteiger partial charge in [-0.1, -0.05) is 0 Å². The zero-order chi connectivity index (χ0) is 17.5. The summed E-state index contributed by atoms with van der Waals surface area (Å²) in [6, 6.07) is 10.1. The lowest BCUT2D eigenvalue weighted by Gasteiger charge is -2.09. The average Bonchev–Trinajstić information content (AvgIpc) is 2.56. The topological polar surface area (TPSA) is 111 Å². The molecule has 2 rings (SSSR count). The number of carbonyl (C=O) groups excluding carboxylic acids is 1. The number of phenolic OH excluding ortho intramolecular Hbond substituents is 1. The lowest BCUT2D eigenvalue weighted by atomic mass is 10.2. The highest BCUT2D eigenvalue weighted by atomic mass is 16.6. The summed E-state index contributed by atoms with van der Waals surface area (Å²) in [6.45, 7) is 2.11. The molecule has 2 aromatic rings. The number of anilines is 1. The van der Waals surface area contributed by atoms with Crippen molar-refractivity contribution >= 4 is 17.3 Å². The minimum Gasteiger partial charge on any atom is -0.506 e. The first kappa shape index (κ1) is 17.1. The molecule has 8 nitrogen and oxygen atoms in total. The Hall–Kier alpha value is -3.29. The van der Waals surface area contributed by atoms with Gasteiger partial charge in [0.25, 0.3) is 11.6 Å². The molecule has 0 atom stereocenters. The van der Waals surface area contributed by atoms with Crippen molar-refractivity contribution in [1.82, 2.24) is 0 Å². The quantitative estimate of drug-likeness (QED) is 0.458. The predicted octanol–water partition coefficient (Wildman–Crippen LogP) is 2.72. The summed E-state index contributed by atoms with van der Waals surface area (Å²) in [5.41, 5.74) is -0.292. The number of benzene rings is 2. The van der Waals surface area contributed by atoms with E-state index in [9.17, 15) is 20.0 Å². The summed E-state index contributed by atoms with van der Waals surface area (Å²) < 4.78 is 10.6. The minimum atomic E-state index is -0.620. The van der Waals surface area contributed by atoms with E-state index in [4.69, 9.17) is 9.47 Å². The van der Waals surface area contributed by atoms with E-state index in [1.54, 1.807) is 24.3 Å². The summed E-state index contributed by atoms with van der Waals surface area (Å²) >= 11 is 0. The van der Waals surface area contributed by atoms with Crippen molar-refractivity contribution in [3.63, 3.8) is 0 Å². The van der Waals surface area contributed by atoms with Crippen molar-refractivity contribution in [2.75, 3.05) is 18.5 Å². The van der Waals surface area contributed by atoms with E-state index in [0.717, 1.165) is 18.2 Å². The third-order valence-corrected chi connectivity index (χ3v) is 2.97. The second-order valence-corrected chi connectivity index (χ2v) is 4.70. The van der Waals surface area contributed by atoms with Gasteiger partial charge in [0.05, 0.1) is 17.2 Å². The van der Waals surface area contributed by atoms with E-state index in [1.807, 2.05) is 6.92 Å². The summed E-state index contributed by atoms with van der Waals surface area (Å²) in [6.07, 6.45) is 0. The Morgan fingerprint density at radius 1 is 1.17 bits per heavy atom. The molecule has 0 heterocycles. The summed E-state index contributed by atoms with van der Waals surface area (Å²) in [5, 5.41) is 22.7. The van der Waals surface area contributed by atoms with Crippen LogP contribution in [-0.2, 0) is 4.79 Å². The molecular weight excluding hydrogens is 316 g/mol. The largest absolute Gasteiger partial charge is 0.506 e. The average molecular weight is 332 g/mol. The number of carbonyl (C=O) groups is 1. The lowest BCUT2D eigenvalue weighted by Crippen LogP contribution is -2.20. The molecule has 0 aromatic heterocycles. The number of nitrogens with one attached hydrogen (secondary N) is 1. The molecule has 0 aliphatic carbocycles. The smallest absolute Gasteiger partial charge is 0.271 e. The Labute approximate surface area is 137 Å². The summed E-state index contributed by atoms with van der Waals surface area (Å²) in [7, 11) is 0. The van der Waals surface area contributed by atoms with Gasteiger partial charge in [0.15, 0.2) is 6.61 Å². The van der Waals surface area contributed by atoms with Crippen LogP contribution >= 0.6 is 0 Å². The molecule has 0 radical (unpaired) electrons. The normalized spacial score (nSPS) is 10.0. The lowest BCUT2D eigenvalue weighted by molar-refractivity contribution is -0.384. The SMILES string of the molecule is CCOc1ccc(OCC(=O)Nc2cc([N+](=O)[O-])ccc2O)cc1. The van der Waals surface area contributed by atoms with E-state index in [0.29, 0.717) is 18.1 Å². The molecule has 0 aliphatic heterocycles. The van der Waals surface area contributed by atoms with Crippen LogP contribution in [0.2, 0.25) is 0 Å². The molecule has 0 spiro atoms. The number of nitrogens with zero attached hydrogens (tertiary/aromatic N) is 1. The minimum absolute atomic E-state index is 0.0514. The highest BCUT2D eigenvalue weighted by Gasteiger charge is 2.13. The number of phenols is 1. The second kappa shape index (κ2) is 7.82. The van der Waals surface area contributed by atoms with Crippen molar-refractivity contribution in [3.8, 4) is 17.2 Å². The second-order valence-electron chi connectivity index (χ2n) is 4.70. The third-order valence-electron chi connectivity index (χ3n) is 2.97. The van der Waals surface area contributed by atoms with Crippen LogP contribution in [0, 0.1) is 10.1 Å². The van der Waals surface area contributed by atoms with Gasteiger partial charge in [0, 0.05) is 12.1 Å². The van der Waals surface area contributed by atoms with Crippen molar-refractivity contribution in [2.24, 2.45) is 0 Å². The molecular formula is C16H16N2O6. The van der Waals surface area contributed by atoms with Crippen LogP contribution in [0.1, 0.15) is 6.92 Å². The van der Waals surface area contributed by atoms with E-state index in [-0.39, 0.29) is 23.7 Å². The highest BCUT2D eigenvalue weighted by molar-refractivity contribution is 5.93. The zero-order valence-corrected chi connectivity index (χ0v) is 12.9. The molecule has 0 bridgehead atoms. The Bertz CT molecular complexity index is 730. The van der Waals surface area contributed by atoms with Gasteiger partial charge < -0.3 is 19.9 Å². The van der Waals surface area contributed by atoms with Gasteiger partial charge >= 0.3 is 0 Å². The van der Waals surface area contributed by atoms with Crippen molar-refractivity contribution < 1.29 is 24.3 Å². The number of rotatable bonds is 7. The fourth-order valence-electron chi connectivity index (χ4n) is 1.87. The first-order valence-corrected chi connectivity index (χ1v) is 7.12. The number of hydrogen-bond acceptors (Lipinski definition) is 6. The molecule has 1 amide bonds. The number of non-ortho nitro benzene ring substituents is 1. The van der Waals surface area contributed by atoms with E-state index >= 15 is 0 Å². The molecule has 0 saturated heterocycles. The predicted molar refractivity (Wildman–Crippen MR) is 86.5 cm³/mol. The van der Waals surface area contributed by atoms with Crippen LogP contribution in [0.3, 0.4) is 0 Å². The number of nitro benzene ring substituents is 1. The van der Waals surface area contributed by atoms with Crippen LogP contribution < -0.4 is 14.8 Å². The highest BCUT2D eigenvalue weighted by Crippen LogP contribution is 2.27. The molecule has 2 N–H and O–H groups in total. The van der Waals surface area contributed by atoms with Crippen LogP contribution in [0.4, 0.5) is 11.4 Å². The Kier molecular flexibility index (Phi) is 5.56. The van der Waals surface area contributed by atoms with Gasteiger partial charge in [-0.15, -0.1) is 0 Å². The number of nitro groups is 1. The zero-order valence-electron chi connectivity index (χ0n) is 12.9. The molecule has 126 valence electrons. The number of amides is 1. The standard InChI is InChI=1S/C16H16N2O6/c1-2-23-12-4-6-13(7-5-12)24-10-16(20)17-14-9-11(18(21)22)3-8-15(14)19/h3-9,19H,2,10H2,1H3,(H,17,20). The first-order chi connectivity index (χ1) is 11.5. The van der Waals surface area contributed by atoms with Gasteiger partial charge in [-0.3, -0.25) is 14.9 Å². The van der Waals surface area contributed by atoms with E-state index < -0.39 is 10.8 Å². The van der Waals surface area contributed by atoms with E-state index in [2.05, 4.69) is 5.32 Å². The Balaban J connectivity index is 1.93. The van der Waals surface area contributed by atoms with Crippen molar-refractivity contribution in [3.05, 3.63) is 52.6 Å². The fourth-order valence-corrected chi connectivity index (χ4v) is 1.87. The molecule has 24 heavy (non-hydrogen) atoms. The first-order valence-electron chi connectivity index (χ1n) is 7.12. The Morgan fingerprint density at radius 3 is 2.38 bits per heavy atom. The maximum absolute atomic E-state index is 11.8. The molecule has 0 saturated carbocycles. The van der Waals surface area contributed by atoms with Crippen LogP contribution in [0.25, 0.3) is 0 Å². The van der Waals surface area contributed by atoms with Crippen LogP contribution in [-0.4, -0.2) is 29.2 Å². The van der Waals surface area contributed by atoms with Gasteiger partial charge in [-0.05, 0) is 37.3 Å². The summed E-state index contributed by atoms with van der Waals surface area (Å²) in [5.74, 6) is 0.336. The number of aromatic hydroxyl groups is 1. The summed E-state index contributed by atoms with van der Waals surface area (Å²) in [4.78, 5) is 21.9. The van der Waals surface area contributed by atoms with Crippen LogP contribution in [0.5, 0.6) is 17.2 Å². The van der Waals surface area contributed by atoms with Gasteiger partial charge in [-0.25, -0.2) is 0 Å². The van der Waals surface area contributed by atoms with Crippen molar-refractivity contribution in [2.45, 2.75) is 6.92 Å². The molecule has 0 unspecified atom stereocenters.